The summed E-state index contributed by atoms with van der Waals surface area (Å²) in [7, 11) is -1.64. The van der Waals surface area contributed by atoms with Gasteiger partial charge in [-0.1, -0.05) is 12.1 Å². The van der Waals surface area contributed by atoms with E-state index in [-0.39, 0.29) is 16.3 Å². The number of aromatic nitrogens is 3. The fraction of sp³-hybridized carbons (Fsp3) is 0.435. The molecule has 1 aromatic carbocycles. The highest BCUT2D eigenvalue weighted by Gasteiger charge is 2.39. The summed E-state index contributed by atoms with van der Waals surface area (Å²) in [5, 5.41) is 10.8. The summed E-state index contributed by atoms with van der Waals surface area (Å²) < 4.78 is 33.4. The summed E-state index contributed by atoms with van der Waals surface area (Å²) in [4.78, 5) is 11.6. The van der Waals surface area contributed by atoms with E-state index in [1.807, 2.05) is 38.2 Å². The summed E-state index contributed by atoms with van der Waals surface area (Å²) in [5.74, 6) is 1.74. The first-order chi connectivity index (χ1) is 16.4. The topological polar surface area (TPSA) is 113 Å². The second-order valence-electron chi connectivity index (χ2n) is 8.68. The highest BCUT2D eigenvalue weighted by molar-refractivity contribution is 7.92. The lowest BCUT2D eigenvalue weighted by Gasteiger charge is -2.34. The number of sulfone groups is 1. The monoisotopic (exact) mass is 483 g/mol. The molecule has 11 heteroatoms. The Morgan fingerprint density at radius 1 is 1.21 bits per heavy atom. The molecule has 10 nitrogen and oxygen atoms in total. The van der Waals surface area contributed by atoms with Crippen LogP contribution in [-0.4, -0.2) is 66.9 Å². The van der Waals surface area contributed by atoms with Crippen LogP contribution in [0.3, 0.4) is 0 Å². The molecule has 1 atom stereocenters. The lowest BCUT2D eigenvalue weighted by Crippen LogP contribution is -2.44. The largest absolute Gasteiger partial charge is 0.377 e. The van der Waals surface area contributed by atoms with Gasteiger partial charge in [0, 0.05) is 13.6 Å². The van der Waals surface area contributed by atoms with E-state index in [4.69, 9.17) is 9.72 Å². The molecule has 2 aromatic heterocycles. The Morgan fingerprint density at radius 3 is 2.74 bits per heavy atom. The maximum atomic E-state index is 13.1. The second kappa shape index (κ2) is 8.88. The quantitative estimate of drug-likeness (QED) is 0.406. The Bertz CT molecular complexity index is 1350. The van der Waals surface area contributed by atoms with Crippen molar-refractivity contribution in [2.75, 3.05) is 37.0 Å². The van der Waals surface area contributed by atoms with E-state index in [1.54, 1.807) is 12.1 Å². The van der Waals surface area contributed by atoms with Gasteiger partial charge in [0.05, 0.1) is 41.7 Å². The third-order valence-electron chi connectivity index (χ3n) is 6.15. The van der Waals surface area contributed by atoms with Gasteiger partial charge in [-0.05, 0) is 51.0 Å². The van der Waals surface area contributed by atoms with Crippen LogP contribution < -0.4 is 15.5 Å². The van der Waals surface area contributed by atoms with Crippen LogP contribution in [0.2, 0.25) is 0 Å². The Morgan fingerprint density at radius 2 is 2.00 bits per heavy atom. The van der Waals surface area contributed by atoms with E-state index in [0.717, 1.165) is 17.2 Å². The smallest absolute Gasteiger partial charge is 0.247 e. The summed E-state index contributed by atoms with van der Waals surface area (Å²) in [6, 6.07) is 11.1. The summed E-state index contributed by atoms with van der Waals surface area (Å²) in [5.41, 5.74) is 2.10. The van der Waals surface area contributed by atoms with E-state index < -0.39 is 9.84 Å². The second-order valence-corrected chi connectivity index (χ2v) is 10.9. The van der Waals surface area contributed by atoms with Gasteiger partial charge in [0.25, 0.3) is 0 Å². The number of nitrogens with one attached hydrogen (secondary N) is 2. The van der Waals surface area contributed by atoms with Gasteiger partial charge in [0.1, 0.15) is 5.52 Å². The molecule has 2 aliphatic rings. The third kappa shape index (κ3) is 4.21. The van der Waals surface area contributed by atoms with Crippen LogP contribution in [0.4, 0.5) is 23.1 Å². The van der Waals surface area contributed by atoms with E-state index in [0.29, 0.717) is 49.9 Å². The van der Waals surface area contributed by atoms with Gasteiger partial charge < -0.3 is 20.3 Å². The number of rotatable bonds is 6. The van der Waals surface area contributed by atoms with Crippen molar-refractivity contribution in [1.29, 1.82) is 0 Å². The number of para-hydroxylation sites is 2. The van der Waals surface area contributed by atoms with Crippen molar-refractivity contribution in [2.45, 2.75) is 43.0 Å². The molecule has 2 N–H and O–H groups in total. The molecule has 1 saturated heterocycles. The van der Waals surface area contributed by atoms with Crippen molar-refractivity contribution in [1.82, 2.24) is 19.9 Å². The average Bonchev–Trinajstić information content (AvgIpc) is 3.60. The molecule has 0 spiro atoms. The van der Waals surface area contributed by atoms with Crippen molar-refractivity contribution in [3.05, 3.63) is 36.4 Å². The SMILES string of the molecule is CN/C(C)=N/c1ccccc1Nc1nc(N2CCOC[C@H]2C)c2ccc(S(=O)(=O)C3CC3)n2n1. The van der Waals surface area contributed by atoms with Crippen molar-refractivity contribution in [3.8, 4) is 0 Å². The van der Waals surface area contributed by atoms with E-state index in [1.165, 1.54) is 4.52 Å². The van der Waals surface area contributed by atoms with Crippen LogP contribution in [0.1, 0.15) is 26.7 Å². The van der Waals surface area contributed by atoms with Crippen LogP contribution in [0.15, 0.2) is 46.4 Å². The Hall–Kier alpha value is -3.18. The number of nitrogens with zero attached hydrogens (tertiary/aromatic N) is 5. The van der Waals surface area contributed by atoms with Crippen molar-refractivity contribution >= 4 is 44.3 Å². The van der Waals surface area contributed by atoms with Gasteiger partial charge in [0.15, 0.2) is 20.7 Å². The van der Waals surface area contributed by atoms with Crippen molar-refractivity contribution < 1.29 is 13.2 Å². The molecule has 0 amide bonds. The maximum Gasteiger partial charge on any atom is 0.247 e. The summed E-state index contributed by atoms with van der Waals surface area (Å²) >= 11 is 0. The first-order valence-electron chi connectivity index (χ1n) is 11.5. The van der Waals surface area contributed by atoms with Gasteiger partial charge in [-0.2, -0.15) is 4.98 Å². The van der Waals surface area contributed by atoms with Crippen LogP contribution >= 0.6 is 0 Å². The normalized spacial score (nSPS) is 19.4. The Labute approximate surface area is 199 Å². The lowest BCUT2D eigenvalue weighted by atomic mass is 10.2. The molecule has 0 bridgehead atoms. The molecule has 1 saturated carbocycles. The zero-order valence-corrected chi connectivity index (χ0v) is 20.3. The van der Waals surface area contributed by atoms with Crippen molar-refractivity contribution in [3.63, 3.8) is 0 Å². The molecule has 5 rings (SSSR count). The molecule has 3 heterocycles. The van der Waals surface area contributed by atoms with Crippen molar-refractivity contribution in [2.24, 2.45) is 4.99 Å². The third-order valence-corrected chi connectivity index (χ3v) is 8.39. The average molecular weight is 484 g/mol. The van der Waals surface area contributed by atoms with Crippen LogP contribution in [0, 0.1) is 0 Å². The van der Waals surface area contributed by atoms with E-state index in [2.05, 4.69) is 32.5 Å². The van der Waals surface area contributed by atoms with Crippen LogP contribution in [-0.2, 0) is 14.6 Å². The minimum atomic E-state index is -3.46. The number of fused-ring (bicyclic) bond motifs is 1. The number of morpholine rings is 1. The fourth-order valence-electron chi connectivity index (χ4n) is 4.06. The van der Waals surface area contributed by atoms with Crippen LogP contribution in [0.25, 0.3) is 5.52 Å². The summed E-state index contributed by atoms with van der Waals surface area (Å²) in [6.45, 7) is 5.77. The first kappa shape index (κ1) is 22.6. The van der Waals surface area contributed by atoms with Gasteiger partial charge in [0.2, 0.25) is 5.95 Å². The summed E-state index contributed by atoms with van der Waals surface area (Å²) in [6.07, 6.45) is 1.38. The lowest BCUT2D eigenvalue weighted by molar-refractivity contribution is 0.0986. The number of anilines is 3. The fourth-order valence-corrected chi connectivity index (χ4v) is 5.80. The zero-order chi connectivity index (χ0) is 23.9. The molecule has 2 fully saturated rings. The predicted octanol–water partition coefficient (Wildman–Crippen LogP) is 2.90. The highest BCUT2D eigenvalue weighted by Crippen LogP contribution is 2.36. The van der Waals surface area contributed by atoms with Gasteiger partial charge in [-0.25, -0.2) is 17.9 Å². The molecule has 1 aliphatic heterocycles. The molecule has 0 unspecified atom stereocenters. The number of amidine groups is 1. The molecule has 34 heavy (non-hydrogen) atoms. The number of benzene rings is 1. The molecule has 1 aliphatic carbocycles. The molecular formula is C23H29N7O3S. The predicted molar refractivity (Wildman–Crippen MR) is 132 cm³/mol. The Balaban J connectivity index is 1.64. The number of hydrogen-bond acceptors (Lipinski definition) is 8. The number of ether oxygens (including phenoxy) is 1. The minimum absolute atomic E-state index is 0.0915. The zero-order valence-electron chi connectivity index (χ0n) is 19.5. The van der Waals surface area contributed by atoms with Gasteiger partial charge in [-0.3, -0.25) is 0 Å². The molecule has 3 aromatic rings. The van der Waals surface area contributed by atoms with E-state index in [9.17, 15) is 8.42 Å². The number of aliphatic imine (C=N–C) groups is 1. The van der Waals surface area contributed by atoms with Crippen LogP contribution in [0.5, 0.6) is 0 Å². The maximum absolute atomic E-state index is 13.1. The van der Waals surface area contributed by atoms with Gasteiger partial charge >= 0.3 is 0 Å². The first-order valence-corrected chi connectivity index (χ1v) is 13.0. The molecular weight excluding hydrogens is 454 g/mol. The molecule has 0 radical (unpaired) electrons. The highest BCUT2D eigenvalue weighted by atomic mass is 32.2. The minimum Gasteiger partial charge on any atom is -0.377 e. The number of hydrogen-bond donors (Lipinski definition) is 2. The standard InChI is InChI=1S/C23H29N7O3S/c1-15-14-33-13-12-29(15)22-20-10-11-21(34(31,32)17-8-9-17)30(20)28-23(27-22)26-19-7-5-4-6-18(19)25-16(2)24-3/h4-7,10-11,15,17H,8-9,12-14H2,1-3H3,(H,24,25)(H,26,28)/t15-/m1/s1. The van der Waals surface area contributed by atoms with Gasteiger partial charge in [-0.15, -0.1) is 5.10 Å². The Kier molecular flexibility index (Phi) is 5.90. The molecule has 180 valence electrons. The van der Waals surface area contributed by atoms with E-state index >= 15 is 0 Å².